The fourth-order valence-corrected chi connectivity index (χ4v) is 3.40. The van der Waals surface area contributed by atoms with Gasteiger partial charge >= 0.3 is 0 Å². The van der Waals surface area contributed by atoms with Crippen LogP contribution >= 0.6 is 0 Å². The standard InChI is InChI=1S/C15H22N4O2/c1-10-3-4-14(18-17-10)19-6-12-9-21-8-11(13(12)7-19)5-15(20)16-2/h3-4,11-13H,5-9H2,1-2H3,(H,16,20)/t11-,12-,13+/m1/s1. The number of hydrogen-bond donors (Lipinski definition) is 1. The minimum Gasteiger partial charge on any atom is -0.381 e. The van der Waals surface area contributed by atoms with Crippen molar-refractivity contribution in [1.82, 2.24) is 15.5 Å². The summed E-state index contributed by atoms with van der Waals surface area (Å²) in [4.78, 5) is 13.9. The molecule has 2 fully saturated rings. The van der Waals surface area contributed by atoms with E-state index in [-0.39, 0.29) is 5.91 Å². The summed E-state index contributed by atoms with van der Waals surface area (Å²) < 4.78 is 5.70. The fraction of sp³-hybridized carbons (Fsp3) is 0.667. The van der Waals surface area contributed by atoms with Gasteiger partial charge in [0.1, 0.15) is 0 Å². The zero-order chi connectivity index (χ0) is 14.8. The molecule has 2 aliphatic heterocycles. The number of nitrogens with one attached hydrogen (secondary N) is 1. The molecule has 0 unspecified atom stereocenters. The molecule has 0 aliphatic carbocycles. The summed E-state index contributed by atoms with van der Waals surface area (Å²) in [5.41, 5.74) is 0.927. The van der Waals surface area contributed by atoms with E-state index in [2.05, 4.69) is 20.4 Å². The van der Waals surface area contributed by atoms with Crippen molar-refractivity contribution in [3.05, 3.63) is 17.8 Å². The molecular formula is C15H22N4O2. The smallest absolute Gasteiger partial charge is 0.220 e. The van der Waals surface area contributed by atoms with Crippen LogP contribution in [0.1, 0.15) is 12.1 Å². The normalized spacial score (nSPS) is 28.3. The van der Waals surface area contributed by atoms with Crippen LogP contribution in [0.2, 0.25) is 0 Å². The van der Waals surface area contributed by atoms with Crippen molar-refractivity contribution in [3.8, 4) is 0 Å². The quantitative estimate of drug-likeness (QED) is 0.884. The first-order valence-electron chi connectivity index (χ1n) is 7.51. The van der Waals surface area contributed by atoms with Crippen LogP contribution in [-0.2, 0) is 9.53 Å². The highest BCUT2D eigenvalue weighted by atomic mass is 16.5. The van der Waals surface area contributed by atoms with Crippen LogP contribution < -0.4 is 10.2 Å². The van der Waals surface area contributed by atoms with Crippen molar-refractivity contribution < 1.29 is 9.53 Å². The van der Waals surface area contributed by atoms with Crippen molar-refractivity contribution in [2.75, 3.05) is 38.3 Å². The van der Waals surface area contributed by atoms with Gasteiger partial charge in [-0.05, 0) is 30.9 Å². The van der Waals surface area contributed by atoms with Crippen molar-refractivity contribution in [2.24, 2.45) is 17.8 Å². The number of carbonyl (C=O) groups is 1. The number of amides is 1. The maximum Gasteiger partial charge on any atom is 0.220 e. The van der Waals surface area contributed by atoms with Gasteiger partial charge in [-0.25, -0.2) is 0 Å². The second-order valence-corrected chi connectivity index (χ2v) is 6.04. The van der Waals surface area contributed by atoms with E-state index in [0.29, 0.717) is 30.8 Å². The van der Waals surface area contributed by atoms with Gasteiger partial charge in [0, 0.05) is 32.5 Å². The van der Waals surface area contributed by atoms with E-state index < -0.39 is 0 Å². The Balaban J connectivity index is 1.70. The van der Waals surface area contributed by atoms with E-state index in [4.69, 9.17) is 4.74 Å². The zero-order valence-corrected chi connectivity index (χ0v) is 12.6. The fourth-order valence-electron chi connectivity index (χ4n) is 3.40. The van der Waals surface area contributed by atoms with Crippen molar-refractivity contribution in [3.63, 3.8) is 0 Å². The van der Waals surface area contributed by atoms with Crippen molar-refractivity contribution >= 4 is 11.7 Å². The molecule has 0 aromatic carbocycles. The molecule has 1 amide bonds. The molecule has 6 nitrogen and oxygen atoms in total. The van der Waals surface area contributed by atoms with Crippen molar-refractivity contribution in [1.29, 1.82) is 0 Å². The second kappa shape index (κ2) is 5.97. The number of rotatable bonds is 3. The summed E-state index contributed by atoms with van der Waals surface area (Å²) in [5, 5.41) is 11.1. The van der Waals surface area contributed by atoms with Crippen molar-refractivity contribution in [2.45, 2.75) is 13.3 Å². The predicted molar refractivity (Wildman–Crippen MR) is 79.0 cm³/mol. The van der Waals surface area contributed by atoms with Gasteiger partial charge < -0.3 is 15.0 Å². The number of carbonyl (C=O) groups excluding carboxylic acids is 1. The molecule has 6 heteroatoms. The van der Waals surface area contributed by atoms with Crippen LogP contribution in [0.15, 0.2) is 12.1 Å². The lowest BCUT2D eigenvalue weighted by atomic mass is 9.81. The molecule has 0 bridgehead atoms. The summed E-state index contributed by atoms with van der Waals surface area (Å²) >= 11 is 0. The van der Waals surface area contributed by atoms with E-state index in [1.807, 2.05) is 19.1 Å². The number of fused-ring (bicyclic) bond motifs is 1. The minimum absolute atomic E-state index is 0.0952. The Bertz CT molecular complexity index is 505. The number of nitrogens with zero attached hydrogens (tertiary/aromatic N) is 3. The highest BCUT2D eigenvalue weighted by Gasteiger charge is 2.41. The highest BCUT2D eigenvalue weighted by molar-refractivity contribution is 5.75. The van der Waals surface area contributed by atoms with E-state index in [1.54, 1.807) is 7.05 Å². The van der Waals surface area contributed by atoms with Gasteiger partial charge in [-0.1, -0.05) is 0 Å². The number of ether oxygens (including phenoxy) is 1. The molecule has 2 aliphatic rings. The van der Waals surface area contributed by atoms with Gasteiger partial charge in [0.25, 0.3) is 0 Å². The maximum absolute atomic E-state index is 11.7. The molecular weight excluding hydrogens is 268 g/mol. The number of aromatic nitrogens is 2. The van der Waals surface area contributed by atoms with Gasteiger partial charge in [0.2, 0.25) is 5.91 Å². The van der Waals surface area contributed by atoms with Gasteiger partial charge in [0.15, 0.2) is 5.82 Å². The monoisotopic (exact) mass is 290 g/mol. The van der Waals surface area contributed by atoms with Crippen LogP contribution in [0, 0.1) is 24.7 Å². The molecule has 114 valence electrons. The Labute approximate surface area is 124 Å². The zero-order valence-electron chi connectivity index (χ0n) is 12.6. The lowest BCUT2D eigenvalue weighted by Gasteiger charge is -2.32. The van der Waals surface area contributed by atoms with Gasteiger partial charge in [-0.2, -0.15) is 5.10 Å². The maximum atomic E-state index is 11.7. The van der Waals surface area contributed by atoms with Crippen LogP contribution in [0.3, 0.4) is 0 Å². The number of anilines is 1. The Morgan fingerprint density at radius 3 is 2.95 bits per heavy atom. The molecule has 0 saturated carbocycles. The second-order valence-electron chi connectivity index (χ2n) is 6.04. The summed E-state index contributed by atoms with van der Waals surface area (Å²) in [6, 6.07) is 4.01. The summed E-state index contributed by atoms with van der Waals surface area (Å²) in [5.74, 6) is 2.30. The Morgan fingerprint density at radius 1 is 1.38 bits per heavy atom. The number of hydrogen-bond acceptors (Lipinski definition) is 5. The molecule has 1 N–H and O–H groups in total. The van der Waals surface area contributed by atoms with E-state index in [1.165, 1.54) is 0 Å². The van der Waals surface area contributed by atoms with Crippen LogP contribution in [0.4, 0.5) is 5.82 Å². The third-order valence-corrected chi connectivity index (χ3v) is 4.60. The highest BCUT2D eigenvalue weighted by Crippen LogP contribution is 2.37. The van der Waals surface area contributed by atoms with E-state index >= 15 is 0 Å². The van der Waals surface area contributed by atoms with E-state index in [9.17, 15) is 4.79 Å². The summed E-state index contributed by atoms with van der Waals surface area (Å²) in [6.07, 6.45) is 0.547. The minimum atomic E-state index is 0.0952. The molecule has 0 radical (unpaired) electrons. The molecule has 2 saturated heterocycles. The van der Waals surface area contributed by atoms with Crippen LogP contribution in [-0.4, -0.2) is 49.5 Å². The topological polar surface area (TPSA) is 67.3 Å². The molecule has 0 spiro atoms. The molecule has 1 aromatic heterocycles. The summed E-state index contributed by atoms with van der Waals surface area (Å²) in [6.45, 7) is 5.28. The summed E-state index contributed by atoms with van der Waals surface area (Å²) in [7, 11) is 1.69. The lowest BCUT2D eigenvalue weighted by molar-refractivity contribution is -0.124. The predicted octanol–water partition coefficient (Wildman–Crippen LogP) is 0.620. The first-order chi connectivity index (χ1) is 10.2. The average Bonchev–Trinajstić information content (AvgIpc) is 2.93. The Hall–Kier alpha value is -1.69. The molecule has 21 heavy (non-hydrogen) atoms. The van der Waals surface area contributed by atoms with Crippen LogP contribution in [0.25, 0.3) is 0 Å². The first kappa shape index (κ1) is 14.3. The van der Waals surface area contributed by atoms with Gasteiger partial charge in [0.05, 0.1) is 18.9 Å². The molecule has 3 heterocycles. The molecule has 3 rings (SSSR count). The molecule has 3 atom stereocenters. The van der Waals surface area contributed by atoms with Gasteiger partial charge in [-0.15, -0.1) is 5.10 Å². The lowest BCUT2D eigenvalue weighted by Crippen LogP contribution is -2.37. The first-order valence-corrected chi connectivity index (χ1v) is 7.51. The van der Waals surface area contributed by atoms with E-state index in [0.717, 1.165) is 31.2 Å². The third-order valence-electron chi connectivity index (χ3n) is 4.60. The van der Waals surface area contributed by atoms with Crippen LogP contribution in [0.5, 0.6) is 0 Å². The van der Waals surface area contributed by atoms with Gasteiger partial charge in [-0.3, -0.25) is 4.79 Å². The largest absolute Gasteiger partial charge is 0.381 e. The number of aryl methyl sites for hydroxylation is 1. The molecule has 1 aromatic rings. The average molecular weight is 290 g/mol. The Kier molecular flexibility index (Phi) is 4.05. The third kappa shape index (κ3) is 3.00. The Morgan fingerprint density at radius 2 is 2.24 bits per heavy atom. The SMILES string of the molecule is CNC(=O)C[C@@H]1COC[C@H]2CN(c3ccc(C)nn3)C[C@@H]12.